The number of aliphatic hydroxyl groups excluding tert-OH is 2. The Bertz CT molecular complexity index is 278. The fourth-order valence-electron chi connectivity index (χ4n) is 2.39. The van der Waals surface area contributed by atoms with Crippen molar-refractivity contribution in [2.75, 3.05) is 39.6 Å². The van der Waals surface area contributed by atoms with E-state index in [2.05, 4.69) is 0 Å². The lowest BCUT2D eigenvalue weighted by molar-refractivity contribution is -0.163. The SMILES string of the molecule is NCCOCCOCCC[C@@H]1C[C@@H](C=O)[C@@H](O)[C@@H](CO)O1. The summed E-state index contributed by atoms with van der Waals surface area (Å²) in [5.41, 5.74) is 5.29. The van der Waals surface area contributed by atoms with Gasteiger partial charge in [0.25, 0.3) is 0 Å². The van der Waals surface area contributed by atoms with Gasteiger partial charge in [-0.25, -0.2) is 0 Å². The minimum atomic E-state index is -0.917. The molecule has 1 rings (SSSR count). The number of hydrogen-bond donors (Lipinski definition) is 3. The molecule has 124 valence electrons. The molecule has 1 aliphatic heterocycles. The molecule has 0 unspecified atom stereocenters. The van der Waals surface area contributed by atoms with Crippen LogP contribution in [0.5, 0.6) is 0 Å². The third kappa shape index (κ3) is 6.82. The van der Waals surface area contributed by atoms with Gasteiger partial charge in [-0.05, 0) is 19.3 Å². The summed E-state index contributed by atoms with van der Waals surface area (Å²) in [5.74, 6) is -0.466. The van der Waals surface area contributed by atoms with Gasteiger partial charge in [0.05, 0.1) is 38.6 Å². The summed E-state index contributed by atoms with van der Waals surface area (Å²) < 4.78 is 16.2. The molecule has 4 N–H and O–H groups in total. The second-order valence-electron chi connectivity index (χ2n) is 5.16. The van der Waals surface area contributed by atoms with Crippen LogP contribution in [0.2, 0.25) is 0 Å². The van der Waals surface area contributed by atoms with Gasteiger partial charge < -0.3 is 35.0 Å². The molecule has 1 aliphatic rings. The first-order valence-corrected chi connectivity index (χ1v) is 7.48. The Morgan fingerprint density at radius 2 is 1.95 bits per heavy atom. The lowest BCUT2D eigenvalue weighted by Gasteiger charge is -2.36. The van der Waals surface area contributed by atoms with Crippen molar-refractivity contribution in [2.24, 2.45) is 11.7 Å². The molecule has 0 aromatic rings. The summed E-state index contributed by atoms with van der Waals surface area (Å²) in [6.07, 6.45) is 1.04. The Morgan fingerprint density at radius 3 is 2.57 bits per heavy atom. The van der Waals surface area contributed by atoms with Gasteiger partial charge in [-0.15, -0.1) is 0 Å². The minimum Gasteiger partial charge on any atom is -0.394 e. The van der Waals surface area contributed by atoms with Crippen molar-refractivity contribution in [3.8, 4) is 0 Å². The van der Waals surface area contributed by atoms with Crippen LogP contribution in [0.1, 0.15) is 19.3 Å². The van der Waals surface area contributed by atoms with Crippen molar-refractivity contribution < 1.29 is 29.2 Å². The third-order valence-corrected chi connectivity index (χ3v) is 3.53. The van der Waals surface area contributed by atoms with Crippen LogP contribution in [-0.2, 0) is 19.0 Å². The molecule has 0 aromatic heterocycles. The van der Waals surface area contributed by atoms with Crippen LogP contribution in [0.3, 0.4) is 0 Å². The third-order valence-electron chi connectivity index (χ3n) is 3.53. The van der Waals surface area contributed by atoms with E-state index in [0.717, 1.165) is 19.1 Å². The van der Waals surface area contributed by atoms with Crippen molar-refractivity contribution in [1.29, 1.82) is 0 Å². The number of aliphatic hydroxyl groups is 2. The molecular weight excluding hydrogens is 278 g/mol. The zero-order valence-electron chi connectivity index (χ0n) is 12.4. The summed E-state index contributed by atoms with van der Waals surface area (Å²) in [7, 11) is 0. The average molecular weight is 305 g/mol. The van der Waals surface area contributed by atoms with E-state index in [4.69, 9.17) is 25.1 Å². The number of aldehydes is 1. The Morgan fingerprint density at radius 1 is 1.24 bits per heavy atom. The van der Waals surface area contributed by atoms with Crippen LogP contribution in [0, 0.1) is 5.92 Å². The highest BCUT2D eigenvalue weighted by molar-refractivity contribution is 5.55. The van der Waals surface area contributed by atoms with Gasteiger partial charge in [-0.2, -0.15) is 0 Å². The van der Waals surface area contributed by atoms with Crippen LogP contribution in [0.25, 0.3) is 0 Å². The smallest absolute Gasteiger partial charge is 0.125 e. The van der Waals surface area contributed by atoms with Gasteiger partial charge in [-0.3, -0.25) is 0 Å². The predicted molar refractivity (Wildman–Crippen MR) is 75.9 cm³/mol. The first-order chi connectivity index (χ1) is 10.2. The van der Waals surface area contributed by atoms with Gasteiger partial charge in [0.1, 0.15) is 12.4 Å². The Labute approximate surface area is 125 Å². The first kappa shape index (κ1) is 18.5. The number of carbonyl (C=O) groups excluding carboxylic acids is 1. The minimum absolute atomic E-state index is 0.127. The fraction of sp³-hybridized carbons (Fsp3) is 0.929. The molecule has 0 bridgehead atoms. The van der Waals surface area contributed by atoms with E-state index in [9.17, 15) is 9.90 Å². The van der Waals surface area contributed by atoms with Gasteiger partial charge in [0.15, 0.2) is 0 Å². The Hall–Kier alpha value is -0.570. The molecular formula is C14H27NO6. The normalized spacial score (nSPS) is 29.5. The monoisotopic (exact) mass is 305 g/mol. The van der Waals surface area contributed by atoms with Crippen LogP contribution in [0.4, 0.5) is 0 Å². The molecule has 0 radical (unpaired) electrons. The van der Waals surface area contributed by atoms with Gasteiger partial charge in [0.2, 0.25) is 0 Å². The molecule has 21 heavy (non-hydrogen) atoms. The summed E-state index contributed by atoms with van der Waals surface area (Å²) in [6.45, 7) is 2.41. The van der Waals surface area contributed by atoms with Crippen LogP contribution >= 0.6 is 0 Å². The number of ether oxygens (including phenoxy) is 3. The van der Waals surface area contributed by atoms with Crippen molar-refractivity contribution in [3.05, 3.63) is 0 Å². The Balaban J connectivity index is 2.12. The molecule has 4 atom stereocenters. The van der Waals surface area contributed by atoms with Gasteiger partial charge in [0, 0.05) is 19.1 Å². The van der Waals surface area contributed by atoms with Crippen LogP contribution in [0.15, 0.2) is 0 Å². The van der Waals surface area contributed by atoms with E-state index in [1.165, 1.54) is 0 Å². The van der Waals surface area contributed by atoms with E-state index >= 15 is 0 Å². The maximum Gasteiger partial charge on any atom is 0.125 e. The van der Waals surface area contributed by atoms with Crippen molar-refractivity contribution >= 4 is 6.29 Å². The van der Waals surface area contributed by atoms with Crippen molar-refractivity contribution in [2.45, 2.75) is 37.6 Å². The lowest BCUT2D eigenvalue weighted by atomic mass is 9.88. The molecule has 0 aromatic carbocycles. The maximum atomic E-state index is 10.9. The number of nitrogens with two attached hydrogens (primary N) is 1. The standard InChI is InChI=1S/C14H27NO6/c15-3-5-20-7-6-19-4-1-2-12-8-11(9-16)14(18)13(10-17)21-12/h9,11-14,17-18H,1-8,10,15H2/t11-,12+,13+,14+/m0/s1. The summed E-state index contributed by atoms with van der Waals surface area (Å²) in [6, 6.07) is 0. The Kier molecular flexibility index (Phi) is 9.73. The summed E-state index contributed by atoms with van der Waals surface area (Å²) >= 11 is 0. The van der Waals surface area contributed by atoms with Gasteiger partial charge in [-0.1, -0.05) is 0 Å². The number of hydrogen-bond acceptors (Lipinski definition) is 7. The molecule has 7 nitrogen and oxygen atoms in total. The molecule has 7 heteroatoms. The molecule has 1 saturated heterocycles. The number of carbonyl (C=O) groups is 1. The summed E-state index contributed by atoms with van der Waals surface area (Å²) in [5, 5.41) is 19.0. The fourth-order valence-corrected chi connectivity index (χ4v) is 2.39. The van der Waals surface area contributed by atoms with Crippen molar-refractivity contribution in [3.63, 3.8) is 0 Å². The quantitative estimate of drug-likeness (QED) is 0.334. The summed E-state index contributed by atoms with van der Waals surface area (Å²) in [4.78, 5) is 10.9. The zero-order valence-corrected chi connectivity index (χ0v) is 12.4. The maximum absolute atomic E-state index is 10.9. The van der Waals surface area contributed by atoms with Gasteiger partial charge >= 0.3 is 0 Å². The van der Waals surface area contributed by atoms with E-state index in [1.54, 1.807) is 0 Å². The van der Waals surface area contributed by atoms with Crippen LogP contribution < -0.4 is 5.73 Å². The van der Waals surface area contributed by atoms with E-state index in [0.29, 0.717) is 39.4 Å². The number of rotatable bonds is 11. The first-order valence-electron chi connectivity index (χ1n) is 7.48. The topological polar surface area (TPSA) is 111 Å². The largest absolute Gasteiger partial charge is 0.394 e. The van der Waals surface area contributed by atoms with Crippen LogP contribution in [-0.4, -0.2) is 74.4 Å². The predicted octanol–water partition coefficient (Wildman–Crippen LogP) is -0.916. The average Bonchev–Trinajstić information content (AvgIpc) is 2.51. The van der Waals surface area contributed by atoms with E-state index < -0.39 is 18.1 Å². The highest BCUT2D eigenvalue weighted by Crippen LogP contribution is 2.26. The molecule has 0 saturated carbocycles. The molecule has 0 amide bonds. The molecule has 1 fully saturated rings. The second-order valence-corrected chi connectivity index (χ2v) is 5.16. The lowest BCUT2D eigenvalue weighted by Crippen LogP contribution is -2.47. The highest BCUT2D eigenvalue weighted by atomic mass is 16.5. The van der Waals surface area contributed by atoms with Crippen molar-refractivity contribution in [1.82, 2.24) is 0 Å². The highest BCUT2D eigenvalue weighted by Gasteiger charge is 2.36. The molecule has 1 heterocycles. The molecule has 0 spiro atoms. The zero-order chi connectivity index (χ0) is 15.5. The van der Waals surface area contributed by atoms with E-state index in [1.807, 2.05) is 0 Å². The van der Waals surface area contributed by atoms with E-state index in [-0.39, 0.29) is 12.7 Å². The molecule has 0 aliphatic carbocycles. The second kappa shape index (κ2) is 11.1.